The molecule has 1 amide bonds. The molecule has 0 radical (unpaired) electrons. The van der Waals surface area contributed by atoms with E-state index in [1.54, 1.807) is 0 Å². The van der Waals surface area contributed by atoms with E-state index in [1.807, 2.05) is 24.3 Å². The Morgan fingerprint density at radius 1 is 0.974 bits per heavy atom. The van der Waals surface area contributed by atoms with Crippen LogP contribution in [0.4, 0.5) is 0 Å². The molecule has 1 aromatic carbocycles. The number of carbonyl (C=O) groups is 4. The monoisotopic (exact) mass is 563 g/mol. The zero-order chi connectivity index (χ0) is 28.5. The largest absolute Gasteiger partial charge is 0.463 e. The normalized spacial score (nSPS) is 22.7. The highest BCUT2D eigenvalue weighted by atomic mass is 32.2. The Labute approximate surface area is 232 Å². The van der Waals surface area contributed by atoms with E-state index in [9.17, 15) is 19.2 Å². The van der Waals surface area contributed by atoms with Crippen molar-refractivity contribution in [2.24, 2.45) is 0 Å². The Kier molecular flexibility index (Phi) is 11.2. The number of aromatic nitrogens is 2. The van der Waals surface area contributed by atoms with Crippen LogP contribution in [0.1, 0.15) is 60.3 Å². The van der Waals surface area contributed by atoms with Gasteiger partial charge in [-0.25, -0.2) is 4.98 Å². The molecule has 0 aliphatic carbocycles. The van der Waals surface area contributed by atoms with Gasteiger partial charge < -0.3 is 28.8 Å². The number of unbranched alkanes of at least 4 members (excludes halogenated alkanes) is 3. The Balaban J connectivity index is 2.02. The topological polar surface area (TPSA) is 135 Å². The predicted octanol–water partition coefficient (Wildman–Crippen LogP) is 3.36. The molecule has 2 aromatic rings. The van der Waals surface area contributed by atoms with Crippen molar-refractivity contribution in [1.29, 1.82) is 0 Å². The summed E-state index contributed by atoms with van der Waals surface area (Å²) in [6.07, 6.45) is 1.08. The van der Waals surface area contributed by atoms with Crippen molar-refractivity contribution in [1.82, 2.24) is 14.9 Å². The van der Waals surface area contributed by atoms with Crippen LogP contribution >= 0.6 is 11.8 Å². The number of rotatable bonds is 12. The molecule has 0 unspecified atom stereocenters. The zero-order valence-corrected chi connectivity index (χ0v) is 23.8. The minimum absolute atomic E-state index is 0.248. The molecule has 214 valence electrons. The molecular weight excluding hydrogens is 526 g/mol. The first-order valence-electron chi connectivity index (χ1n) is 13.1. The van der Waals surface area contributed by atoms with Crippen LogP contribution in [0.15, 0.2) is 29.4 Å². The second-order valence-electron chi connectivity index (χ2n) is 9.43. The van der Waals surface area contributed by atoms with Crippen LogP contribution in [0.5, 0.6) is 0 Å². The third kappa shape index (κ3) is 8.43. The molecule has 39 heavy (non-hydrogen) atoms. The van der Waals surface area contributed by atoms with Crippen molar-refractivity contribution in [3.05, 3.63) is 24.3 Å². The molecule has 12 heteroatoms. The highest BCUT2D eigenvalue weighted by Gasteiger charge is 2.51. The van der Waals surface area contributed by atoms with Gasteiger partial charge >= 0.3 is 17.9 Å². The summed E-state index contributed by atoms with van der Waals surface area (Å²) in [5.74, 6) is -2.21. The van der Waals surface area contributed by atoms with Gasteiger partial charge in [-0.1, -0.05) is 50.1 Å². The number of hydrogen-bond acceptors (Lipinski definition) is 10. The summed E-state index contributed by atoms with van der Waals surface area (Å²) in [7, 11) is 0. The van der Waals surface area contributed by atoms with Crippen LogP contribution in [0.2, 0.25) is 0 Å². The summed E-state index contributed by atoms with van der Waals surface area (Å²) < 4.78 is 24.7. The maximum absolute atomic E-state index is 12.3. The van der Waals surface area contributed by atoms with Crippen LogP contribution in [-0.4, -0.2) is 69.8 Å². The quantitative estimate of drug-likeness (QED) is 0.233. The SMILES string of the molecule is CCCCCCn1c(S[C@H]2O[C@H](COC(C)=O)[C@@H](OC(C)=O)[C@H](OC(C)=O)[C@H]2NC(C)=O)nc2ccccc21. The summed E-state index contributed by atoms with van der Waals surface area (Å²) in [6.45, 7) is 7.67. The number of hydrogen-bond donors (Lipinski definition) is 1. The lowest BCUT2D eigenvalue weighted by Gasteiger charge is -2.44. The van der Waals surface area contributed by atoms with Gasteiger partial charge in [-0.05, 0) is 18.6 Å². The number of nitrogens with one attached hydrogen (secondary N) is 1. The second kappa shape index (κ2) is 14.3. The molecule has 2 heterocycles. The molecule has 1 fully saturated rings. The van der Waals surface area contributed by atoms with Gasteiger partial charge in [0.1, 0.15) is 24.2 Å². The molecule has 1 saturated heterocycles. The maximum atomic E-state index is 12.3. The van der Waals surface area contributed by atoms with Gasteiger partial charge in [0.25, 0.3) is 0 Å². The van der Waals surface area contributed by atoms with Crippen LogP contribution in [-0.2, 0) is 44.7 Å². The Morgan fingerprint density at radius 3 is 2.31 bits per heavy atom. The molecule has 1 aromatic heterocycles. The van der Waals surface area contributed by atoms with Crippen molar-refractivity contribution >= 4 is 46.6 Å². The molecule has 1 aliphatic heterocycles. The smallest absolute Gasteiger partial charge is 0.303 e. The van der Waals surface area contributed by atoms with E-state index in [2.05, 4.69) is 16.8 Å². The fourth-order valence-corrected chi connectivity index (χ4v) is 5.79. The van der Waals surface area contributed by atoms with Gasteiger partial charge in [-0.15, -0.1) is 0 Å². The average Bonchev–Trinajstić information content (AvgIpc) is 3.20. The molecular formula is C27H37N3O8S. The number of fused-ring (bicyclic) bond motifs is 1. The van der Waals surface area contributed by atoms with Crippen LogP contribution in [0.25, 0.3) is 11.0 Å². The highest BCUT2D eigenvalue weighted by molar-refractivity contribution is 7.99. The number of imidazole rings is 1. The van der Waals surface area contributed by atoms with Gasteiger partial charge in [0.15, 0.2) is 17.4 Å². The molecule has 1 aliphatic rings. The molecule has 11 nitrogen and oxygen atoms in total. The number of thioether (sulfide) groups is 1. The lowest BCUT2D eigenvalue weighted by Crippen LogP contribution is -2.65. The summed E-state index contributed by atoms with van der Waals surface area (Å²) in [5, 5.41) is 3.47. The minimum Gasteiger partial charge on any atom is -0.463 e. The number of carbonyl (C=O) groups excluding carboxylic acids is 4. The van der Waals surface area contributed by atoms with Gasteiger partial charge in [0.05, 0.1) is 11.0 Å². The second-order valence-corrected chi connectivity index (χ2v) is 10.5. The van der Waals surface area contributed by atoms with E-state index >= 15 is 0 Å². The Morgan fingerprint density at radius 2 is 1.67 bits per heavy atom. The molecule has 3 rings (SSSR count). The minimum atomic E-state index is -1.13. The molecule has 0 spiro atoms. The number of aryl methyl sites for hydroxylation is 1. The van der Waals surface area contributed by atoms with Crippen molar-refractivity contribution < 1.29 is 38.1 Å². The number of para-hydroxylation sites is 2. The number of ether oxygens (including phenoxy) is 4. The fraction of sp³-hybridized carbons (Fsp3) is 0.593. The summed E-state index contributed by atoms with van der Waals surface area (Å²) >= 11 is 1.26. The van der Waals surface area contributed by atoms with E-state index in [1.165, 1.54) is 39.5 Å². The summed E-state index contributed by atoms with van der Waals surface area (Å²) in [4.78, 5) is 52.8. The van der Waals surface area contributed by atoms with Crippen LogP contribution in [0.3, 0.4) is 0 Å². The fourth-order valence-electron chi connectivity index (χ4n) is 4.55. The first kappa shape index (κ1) is 30.4. The van der Waals surface area contributed by atoms with E-state index < -0.39 is 47.7 Å². The number of nitrogens with zero attached hydrogens (tertiary/aromatic N) is 2. The first-order chi connectivity index (χ1) is 18.6. The first-order valence-corrected chi connectivity index (χ1v) is 14.0. The van der Waals surface area contributed by atoms with Crippen molar-refractivity contribution in [2.45, 2.75) is 102 Å². The van der Waals surface area contributed by atoms with Crippen LogP contribution in [0, 0.1) is 0 Å². The lowest BCUT2D eigenvalue weighted by molar-refractivity contribution is -0.211. The lowest BCUT2D eigenvalue weighted by atomic mass is 9.97. The average molecular weight is 564 g/mol. The number of esters is 3. The molecule has 0 bridgehead atoms. The molecule has 1 N–H and O–H groups in total. The van der Waals surface area contributed by atoms with Crippen LogP contribution < -0.4 is 5.32 Å². The van der Waals surface area contributed by atoms with E-state index in [-0.39, 0.29) is 12.5 Å². The maximum Gasteiger partial charge on any atom is 0.303 e. The number of amides is 1. The van der Waals surface area contributed by atoms with E-state index in [4.69, 9.17) is 23.9 Å². The van der Waals surface area contributed by atoms with Gasteiger partial charge in [-0.2, -0.15) is 0 Å². The standard InChI is InChI=1S/C27H37N3O8S/c1-6-7-8-11-14-30-21-13-10-9-12-20(21)29-27(30)39-26-23(28-16(2)31)25(37-19(5)34)24(36-18(4)33)22(38-26)15-35-17(3)32/h9-10,12-13,22-26H,6-8,11,14-15H2,1-5H3,(H,28,31)/t22-,23-,24-,25-,26-/m1/s1. The summed E-state index contributed by atoms with van der Waals surface area (Å²) in [5.41, 5.74) is 0.958. The zero-order valence-electron chi connectivity index (χ0n) is 23.0. The van der Waals surface area contributed by atoms with E-state index in [0.717, 1.165) is 43.3 Å². The third-order valence-corrected chi connectivity index (χ3v) is 7.31. The van der Waals surface area contributed by atoms with E-state index in [0.29, 0.717) is 5.16 Å². The summed E-state index contributed by atoms with van der Waals surface area (Å²) in [6, 6.07) is 6.90. The highest BCUT2D eigenvalue weighted by Crippen LogP contribution is 2.37. The third-order valence-electron chi connectivity index (χ3n) is 6.15. The van der Waals surface area contributed by atoms with Gasteiger partial charge in [-0.3, -0.25) is 19.2 Å². The van der Waals surface area contributed by atoms with Gasteiger partial charge in [0.2, 0.25) is 5.91 Å². The van der Waals surface area contributed by atoms with Gasteiger partial charge in [0, 0.05) is 34.2 Å². The molecule has 0 saturated carbocycles. The predicted molar refractivity (Wildman–Crippen MR) is 144 cm³/mol. The van der Waals surface area contributed by atoms with Crippen molar-refractivity contribution in [3.8, 4) is 0 Å². The Hall–Kier alpha value is -3.12. The molecule has 5 atom stereocenters. The van der Waals surface area contributed by atoms with Crippen molar-refractivity contribution in [2.75, 3.05) is 6.61 Å². The number of benzene rings is 1. The Bertz CT molecular complexity index is 1170. The van der Waals surface area contributed by atoms with Crippen molar-refractivity contribution in [3.63, 3.8) is 0 Å².